The van der Waals surface area contributed by atoms with Crippen LogP contribution in [0.5, 0.6) is 0 Å². The minimum atomic E-state index is -5.63. The van der Waals surface area contributed by atoms with Crippen molar-refractivity contribution in [2.45, 2.75) is 18.7 Å². The van der Waals surface area contributed by atoms with Gasteiger partial charge in [0.05, 0.1) is 6.61 Å². The van der Waals surface area contributed by atoms with Crippen molar-refractivity contribution in [1.82, 2.24) is 0 Å². The SMILES string of the molecule is FC(F)(F)C(F)(F)OCCCBr. The number of rotatable bonds is 4. The van der Waals surface area contributed by atoms with E-state index in [1.165, 1.54) is 0 Å². The van der Waals surface area contributed by atoms with Gasteiger partial charge in [-0.05, 0) is 6.42 Å². The van der Waals surface area contributed by atoms with Crippen molar-refractivity contribution in [1.29, 1.82) is 0 Å². The summed E-state index contributed by atoms with van der Waals surface area (Å²) in [6.45, 7) is -0.627. The third-order valence-corrected chi connectivity index (χ3v) is 1.45. The third kappa shape index (κ3) is 3.66. The standard InChI is InChI=1S/C5H6BrF5O/c6-2-1-3-12-5(10,11)4(7,8)9/h1-3H2. The predicted molar refractivity (Wildman–Crippen MR) is 35.4 cm³/mol. The molecule has 0 bridgehead atoms. The van der Waals surface area contributed by atoms with E-state index in [2.05, 4.69) is 20.7 Å². The van der Waals surface area contributed by atoms with Crippen molar-refractivity contribution in [3.63, 3.8) is 0 Å². The van der Waals surface area contributed by atoms with Gasteiger partial charge in [-0.25, -0.2) is 0 Å². The molecule has 0 atom stereocenters. The van der Waals surface area contributed by atoms with Crippen LogP contribution in [0.1, 0.15) is 6.42 Å². The van der Waals surface area contributed by atoms with Crippen LogP contribution in [0.2, 0.25) is 0 Å². The number of alkyl halides is 6. The van der Waals surface area contributed by atoms with Crippen molar-refractivity contribution in [2.24, 2.45) is 0 Å². The van der Waals surface area contributed by atoms with Gasteiger partial charge in [-0.3, -0.25) is 0 Å². The molecule has 0 aliphatic heterocycles. The van der Waals surface area contributed by atoms with E-state index < -0.39 is 18.9 Å². The number of hydrogen-bond donors (Lipinski definition) is 0. The molecule has 0 amide bonds. The molecule has 0 radical (unpaired) electrons. The zero-order chi connectivity index (χ0) is 9.83. The lowest BCUT2D eigenvalue weighted by Gasteiger charge is -2.18. The number of ether oxygens (including phenoxy) is 1. The highest BCUT2D eigenvalue weighted by Gasteiger charge is 2.59. The van der Waals surface area contributed by atoms with Crippen molar-refractivity contribution in [3.8, 4) is 0 Å². The van der Waals surface area contributed by atoms with Gasteiger partial charge in [-0.15, -0.1) is 0 Å². The van der Waals surface area contributed by atoms with E-state index in [-0.39, 0.29) is 6.42 Å². The predicted octanol–water partition coefficient (Wildman–Crippen LogP) is 2.94. The molecular weight excluding hydrogens is 251 g/mol. The van der Waals surface area contributed by atoms with E-state index in [1.54, 1.807) is 0 Å². The van der Waals surface area contributed by atoms with Crippen molar-refractivity contribution >= 4 is 15.9 Å². The lowest BCUT2D eigenvalue weighted by atomic mass is 10.5. The van der Waals surface area contributed by atoms with Gasteiger partial charge >= 0.3 is 12.3 Å². The Morgan fingerprint density at radius 1 is 1.08 bits per heavy atom. The summed E-state index contributed by atoms with van der Waals surface area (Å²) in [5.74, 6) is 0. The normalized spacial score (nSPS) is 13.5. The Labute approximate surface area is 74.0 Å². The molecule has 0 N–H and O–H groups in total. The van der Waals surface area contributed by atoms with Gasteiger partial charge in [0.25, 0.3) is 0 Å². The van der Waals surface area contributed by atoms with Gasteiger partial charge in [-0.2, -0.15) is 22.0 Å². The lowest BCUT2D eigenvalue weighted by molar-refractivity contribution is -0.390. The largest absolute Gasteiger partial charge is 0.482 e. The molecule has 0 saturated heterocycles. The molecule has 0 spiro atoms. The second kappa shape index (κ2) is 4.36. The second-order valence-electron chi connectivity index (χ2n) is 1.91. The molecule has 0 fully saturated rings. The Bertz CT molecular complexity index is 134. The van der Waals surface area contributed by atoms with Gasteiger partial charge in [0, 0.05) is 5.33 Å². The molecule has 1 nitrogen and oxygen atoms in total. The Balaban J connectivity index is 3.88. The van der Waals surface area contributed by atoms with Crippen molar-refractivity contribution < 1.29 is 26.7 Å². The Hall–Kier alpha value is 0.0900. The first-order valence-electron chi connectivity index (χ1n) is 2.95. The fourth-order valence-corrected chi connectivity index (χ4v) is 0.566. The van der Waals surface area contributed by atoms with Crippen LogP contribution in [0, 0.1) is 0 Å². The van der Waals surface area contributed by atoms with Gasteiger partial charge < -0.3 is 4.74 Å². The first kappa shape index (κ1) is 12.1. The van der Waals surface area contributed by atoms with Crippen LogP contribution in [-0.2, 0) is 4.74 Å². The highest BCUT2D eigenvalue weighted by atomic mass is 79.9. The first-order valence-corrected chi connectivity index (χ1v) is 4.08. The molecule has 0 aliphatic rings. The topological polar surface area (TPSA) is 9.23 Å². The van der Waals surface area contributed by atoms with Crippen LogP contribution in [0.25, 0.3) is 0 Å². The van der Waals surface area contributed by atoms with Crippen LogP contribution in [-0.4, -0.2) is 24.2 Å². The first-order chi connectivity index (χ1) is 5.31. The molecular formula is C5H6BrF5O. The van der Waals surface area contributed by atoms with E-state index in [4.69, 9.17) is 0 Å². The van der Waals surface area contributed by atoms with Crippen LogP contribution in [0.3, 0.4) is 0 Å². The molecule has 12 heavy (non-hydrogen) atoms. The highest BCUT2D eigenvalue weighted by Crippen LogP contribution is 2.36. The fourth-order valence-electron chi connectivity index (χ4n) is 0.337. The van der Waals surface area contributed by atoms with E-state index in [0.29, 0.717) is 5.33 Å². The molecule has 0 unspecified atom stereocenters. The quantitative estimate of drug-likeness (QED) is 0.427. The average molecular weight is 257 g/mol. The second-order valence-corrected chi connectivity index (χ2v) is 2.70. The molecule has 0 aromatic rings. The van der Waals surface area contributed by atoms with Crippen LogP contribution in [0.4, 0.5) is 22.0 Å². The molecule has 0 rings (SSSR count). The highest BCUT2D eigenvalue weighted by molar-refractivity contribution is 9.09. The van der Waals surface area contributed by atoms with Crippen molar-refractivity contribution in [2.75, 3.05) is 11.9 Å². The maximum absolute atomic E-state index is 11.9. The van der Waals surface area contributed by atoms with Gasteiger partial charge in [-0.1, -0.05) is 15.9 Å². The van der Waals surface area contributed by atoms with Crippen LogP contribution >= 0.6 is 15.9 Å². The summed E-state index contributed by atoms with van der Waals surface area (Å²) in [5, 5.41) is 0.320. The van der Waals surface area contributed by atoms with E-state index in [0.717, 1.165) is 0 Å². The Morgan fingerprint density at radius 2 is 1.58 bits per heavy atom. The molecule has 0 heterocycles. The van der Waals surface area contributed by atoms with E-state index in [9.17, 15) is 22.0 Å². The third-order valence-electron chi connectivity index (χ3n) is 0.891. The van der Waals surface area contributed by atoms with Crippen LogP contribution in [0.15, 0.2) is 0 Å². The number of hydrogen-bond acceptors (Lipinski definition) is 1. The van der Waals surface area contributed by atoms with Crippen LogP contribution < -0.4 is 0 Å². The molecule has 74 valence electrons. The van der Waals surface area contributed by atoms with Crippen molar-refractivity contribution in [3.05, 3.63) is 0 Å². The summed E-state index contributed by atoms with van der Waals surface area (Å²) < 4.78 is 61.3. The summed E-state index contributed by atoms with van der Waals surface area (Å²) in [6, 6.07) is 0. The minimum absolute atomic E-state index is 0.103. The molecule has 0 aliphatic carbocycles. The summed E-state index contributed by atoms with van der Waals surface area (Å²) >= 11 is 2.86. The minimum Gasteiger partial charge on any atom is -0.313 e. The zero-order valence-corrected chi connectivity index (χ0v) is 7.38. The molecule has 0 aromatic heterocycles. The van der Waals surface area contributed by atoms with Gasteiger partial charge in [0.1, 0.15) is 0 Å². The van der Waals surface area contributed by atoms with E-state index in [1.807, 2.05) is 0 Å². The summed E-state index contributed by atoms with van der Waals surface area (Å²) in [4.78, 5) is 0. The fraction of sp³-hybridized carbons (Fsp3) is 1.00. The summed E-state index contributed by atoms with van der Waals surface area (Å²) in [7, 11) is 0. The molecule has 7 heteroatoms. The smallest absolute Gasteiger partial charge is 0.313 e. The average Bonchev–Trinajstić information content (AvgIpc) is 1.85. The van der Waals surface area contributed by atoms with Gasteiger partial charge in [0.2, 0.25) is 0 Å². The zero-order valence-electron chi connectivity index (χ0n) is 5.80. The monoisotopic (exact) mass is 256 g/mol. The molecule has 0 saturated carbocycles. The van der Waals surface area contributed by atoms with E-state index >= 15 is 0 Å². The Morgan fingerprint density at radius 3 is 1.92 bits per heavy atom. The maximum atomic E-state index is 11.9. The Kier molecular flexibility index (Phi) is 4.39. The maximum Gasteiger partial charge on any atom is 0.482 e. The van der Waals surface area contributed by atoms with Gasteiger partial charge in [0.15, 0.2) is 0 Å². The summed E-state index contributed by atoms with van der Waals surface area (Å²) in [6.07, 6.45) is -10.6. The molecule has 0 aromatic carbocycles. The lowest BCUT2D eigenvalue weighted by Crippen LogP contribution is -2.39. The number of halogens is 6. The summed E-state index contributed by atoms with van der Waals surface area (Å²) in [5.41, 5.74) is 0.